The first-order chi connectivity index (χ1) is 8.04. The van der Waals surface area contributed by atoms with E-state index in [4.69, 9.17) is 11.6 Å². The number of aromatic nitrogens is 1. The van der Waals surface area contributed by atoms with Crippen LogP contribution in [0.25, 0.3) is 0 Å². The quantitative estimate of drug-likeness (QED) is 0.820. The molecular weight excluding hydrogens is 312 g/mol. The number of anilines is 1. The normalized spacial score (nSPS) is 23.7. The standard InChI is InChI=1S/C10H10BrClFN3O/c11-8-1-5(12)2-9(15-8)16-10(17)7-3-6(13)4-14-7/h1-2,6-7,14H,3-4H2,(H,15,16,17). The van der Waals surface area contributed by atoms with Crippen molar-refractivity contribution in [3.05, 3.63) is 21.8 Å². The van der Waals surface area contributed by atoms with Crippen molar-refractivity contribution in [2.24, 2.45) is 0 Å². The molecule has 2 unspecified atom stereocenters. The topological polar surface area (TPSA) is 54.0 Å². The Hall–Kier alpha value is -0.720. The van der Waals surface area contributed by atoms with Crippen molar-refractivity contribution in [2.45, 2.75) is 18.6 Å². The van der Waals surface area contributed by atoms with Crippen molar-refractivity contribution in [3.8, 4) is 0 Å². The third-order valence-electron chi connectivity index (χ3n) is 2.40. The van der Waals surface area contributed by atoms with E-state index < -0.39 is 12.2 Å². The predicted molar refractivity (Wildman–Crippen MR) is 66.9 cm³/mol. The van der Waals surface area contributed by atoms with Crippen LogP contribution in [-0.4, -0.2) is 29.6 Å². The molecule has 1 aromatic heterocycles. The molecule has 2 atom stereocenters. The van der Waals surface area contributed by atoms with Gasteiger partial charge in [-0.3, -0.25) is 4.79 Å². The summed E-state index contributed by atoms with van der Waals surface area (Å²) >= 11 is 8.99. The Labute approximate surface area is 111 Å². The molecule has 4 nitrogen and oxygen atoms in total. The van der Waals surface area contributed by atoms with Crippen LogP contribution in [0.4, 0.5) is 10.2 Å². The number of carbonyl (C=O) groups is 1. The fourth-order valence-electron chi connectivity index (χ4n) is 1.64. The summed E-state index contributed by atoms with van der Waals surface area (Å²) in [6.07, 6.45) is -0.780. The first-order valence-electron chi connectivity index (χ1n) is 5.06. The second-order valence-electron chi connectivity index (χ2n) is 3.78. The molecule has 1 amide bonds. The maximum atomic E-state index is 12.9. The molecule has 0 spiro atoms. The van der Waals surface area contributed by atoms with Gasteiger partial charge in [0.1, 0.15) is 16.6 Å². The van der Waals surface area contributed by atoms with Gasteiger partial charge in [-0.1, -0.05) is 11.6 Å². The van der Waals surface area contributed by atoms with E-state index in [1.165, 1.54) is 6.07 Å². The van der Waals surface area contributed by atoms with Gasteiger partial charge in [0, 0.05) is 18.0 Å². The largest absolute Gasteiger partial charge is 0.309 e. The molecule has 0 saturated carbocycles. The lowest BCUT2D eigenvalue weighted by molar-refractivity contribution is -0.117. The number of pyridine rings is 1. The number of hydrogen-bond donors (Lipinski definition) is 2. The fourth-order valence-corrected chi connectivity index (χ4v) is 2.41. The van der Waals surface area contributed by atoms with Crippen LogP contribution in [0.3, 0.4) is 0 Å². The molecule has 0 radical (unpaired) electrons. The predicted octanol–water partition coefficient (Wildman–Crippen LogP) is 2.14. The summed E-state index contributed by atoms with van der Waals surface area (Å²) in [5.41, 5.74) is 0. The molecule has 1 aliphatic rings. The minimum Gasteiger partial charge on any atom is -0.309 e. The van der Waals surface area contributed by atoms with Crippen LogP contribution < -0.4 is 10.6 Å². The van der Waals surface area contributed by atoms with Crippen molar-refractivity contribution in [1.82, 2.24) is 10.3 Å². The fraction of sp³-hybridized carbons (Fsp3) is 0.400. The van der Waals surface area contributed by atoms with Gasteiger partial charge in [0.05, 0.1) is 6.04 Å². The Kier molecular flexibility index (Phi) is 3.96. The first kappa shape index (κ1) is 12.7. The molecular formula is C10H10BrClFN3O. The molecule has 17 heavy (non-hydrogen) atoms. The minimum absolute atomic E-state index is 0.188. The van der Waals surface area contributed by atoms with Crippen LogP contribution in [0.1, 0.15) is 6.42 Å². The summed E-state index contributed by atoms with van der Waals surface area (Å²) in [5.74, 6) is 0.0466. The monoisotopic (exact) mass is 321 g/mol. The van der Waals surface area contributed by atoms with Crippen LogP contribution in [0, 0.1) is 0 Å². The Balaban J connectivity index is 2.03. The van der Waals surface area contributed by atoms with Gasteiger partial charge >= 0.3 is 0 Å². The maximum Gasteiger partial charge on any atom is 0.242 e. The van der Waals surface area contributed by atoms with E-state index in [0.717, 1.165) is 0 Å². The van der Waals surface area contributed by atoms with Gasteiger partial charge in [-0.05, 0) is 28.1 Å². The molecule has 0 aliphatic carbocycles. The van der Waals surface area contributed by atoms with E-state index in [1.54, 1.807) is 6.07 Å². The molecule has 2 N–H and O–H groups in total. The molecule has 2 heterocycles. The van der Waals surface area contributed by atoms with Crippen molar-refractivity contribution in [2.75, 3.05) is 11.9 Å². The van der Waals surface area contributed by atoms with Crippen LogP contribution in [-0.2, 0) is 4.79 Å². The number of carbonyl (C=O) groups excluding carboxylic acids is 1. The lowest BCUT2D eigenvalue weighted by Crippen LogP contribution is -2.35. The molecule has 92 valence electrons. The highest BCUT2D eigenvalue weighted by molar-refractivity contribution is 9.10. The van der Waals surface area contributed by atoms with Crippen LogP contribution in [0.15, 0.2) is 16.7 Å². The third-order valence-corrected chi connectivity index (χ3v) is 3.03. The molecule has 7 heteroatoms. The van der Waals surface area contributed by atoms with Crippen LogP contribution >= 0.6 is 27.5 Å². The van der Waals surface area contributed by atoms with E-state index in [-0.39, 0.29) is 18.9 Å². The number of nitrogens with zero attached hydrogens (tertiary/aromatic N) is 1. The number of hydrogen-bond acceptors (Lipinski definition) is 3. The highest BCUT2D eigenvalue weighted by Crippen LogP contribution is 2.19. The van der Waals surface area contributed by atoms with Gasteiger partial charge in [-0.2, -0.15) is 0 Å². The number of halogens is 3. The maximum absolute atomic E-state index is 12.9. The Morgan fingerprint density at radius 1 is 1.65 bits per heavy atom. The van der Waals surface area contributed by atoms with E-state index in [9.17, 15) is 9.18 Å². The zero-order valence-electron chi connectivity index (χ0n) is 8.71. The number of nitrogens with one attached hydrogen (secondary N) is 2. The van der Waals surface area contributed by atoms with E-state index in [0.29, 0.717) is 15.4 Å². The smallest absolute Gasteiger partial charge is 0.242 e. The summed E-state index contributed by atoms with van der Waals surface area (Å²) in [6, 6.07) is 2.64. The zero-order valence-corrected chi connectivity index (χ0v) is 11.1. The second-order valence-corrected chi connectivity index (χ2v) is 5.03. The lowest BCUT2D eigenvalue weighted by atomic mass is 10.2. The van der Waals surface area contributed by atoms with Crippen LogP contribution in [0.5, 0.6) is 0 Å². The summed E-state index contributed by atoms with van der Waals surface area (Å²) in [5, 5.41) is 5.85. The van der Waals surface area contributed by atoms with E-state index in [2.05, 4.69) is 31.5 Å². The van der Waals surface area contributed by atoms with Crippen molar-refractivity contribution in [3.63, 3.8) is 0 Å². The van der Waals surface area contributed by atoms with Gasteiger partial charge in [0.15, 0.2) is 0 Å². The Bertz CT molecular complexity index is 425. The minimum atomic E-state index is -0.968. The van der Waals surface area contributed by atoms with Gasteiger partial charge < -0.3 is 10.6 Å². The Morgan fingerprint density at radius 2 is 2.41 bits per heavy atom. The number of amides is 1. The molecule has 0 bridgehead atoms. The average Bonchev–Trinajstić information content (AvgIpc) is 2.63. The molecule has 1 fully saturated rings. The SMILES string of the molecule is O=C(Nc1cc(Cl)cc(Br)n1)C1CC(F)CN1. The first-order valence-corrected chi connectivity index (χ1v) is 6.23. The third kappa shape index (κ3) is 3.37. The lowest BCUT2D eigenvalue weighted by Gasteiger charge is -2.10. The second kappa shape index (κ2) is 5.29. The summed E-state index contributed by atoms with van der Waals surface area (Å²) in [7, 11) is 0. The summed E-state index contributed by atoms with van der Waals surface area (Å²) < 4.78 is 13.4. The van der Waals surface area contributed by atoms with Gasteiger partial charge in [-0.15, -0.1) is 0 Å². The number of alkyl halides is 1. The zero-order chi connectivity index (χ0) is 12.4. The molecule has 0 aromatic carbocycles. The molecule has 1 aliphatic heterocycles. The van der Waals surface area contributed by atoms with Gasteiger partial charge in [-0.25, -0.2) is 9.37 Å². The van der Waals surface area contributed by atoms with Crippen LogP contribution in [0.2, 0.25) is 5.02 Å². The highest BCUT2D eigenvalue weighted by atomic mass is 79.9. The summed E-state index contributed by atoms with van der Waals surface area (Å²) in [6.45, 7) is 0.213. The molecule has 1 aromatic rings. The van der Waals surface area contributed by atoms with Crippen molar-refractivity contribution >= 4 is 39.3 Å². The van der Waals surface area contributed by atoms with Gasteiger partial charge in [0.2, 0.25) is 5.91 Å². The molecule has 2 rings (SSSR count). The van der Waals surface area contributed by atoms with Crippen molar-refractivity contribution < 1.29 is 9.18 Å². The van der Waals surface area contributed by atoms with E-state index >= 15 is 0 Å². The van der Waals surface area contributed by atoms with Crippen molar-refractivity contribution in [1.29, 1.82) is 0 Å². The van der Waals surface area contributed by atoms with Gasteiger partial charge in [0.25, 0.3) is 0 Å². The Morgan fingerprint density at radius 3 is 3.00 bits per heavy atom. The number of rotatable bonds is 2. The van der Waals surface area contributed by atoms with E-state index in [1.807, 2.05) is 0 Å². The highest BCUT2D eigenvalue weighted by Gasteiger charge is 2.29. The average molecular weight is 323 g/mol. The molecule has 1 saturated heterocycles. The summed E-state index contributed by atoms with van der Waals surface area (Å²) in [4.78, 5) is 15.8.